The molecule has 0 aliphatic carbocycles. The highest BCUT2D eigenvalue weighted by molar-refractivity contribution is 4.54. The summed E-state index contributed by atoms with van der Waals surface area (Å²) in [7, 11) is 0. The minimum atomic E-state index is 0.962. The van der Waals surface area contributed by atoms with E-state index < -0.39 is 0 Å². The summed E-state index contributed by atoms with van der Waals surface area (Å²) in [6, 6.07) is 0. The maximum Gasteiger partial charge on any atom is -0.0443 e. The first-order valence-corrected chi connectivity index (χ1v) is 17.3. The second-order valence-electron chi connectivity index (χ2n) is 12.2. The van der Waals surface area contributed by atoms with Crippen LogP contribution in [-0.4, -0.2) is 0 Å². The van der Waals surface area contributed by atoms with Gasteiger partial charge in [-0.1, -0.05) is 220 Å². The fourth-order valence-corrected chi connectivity index (χ4v) is 5.80. The summed E-state index contributed by atoms with van der Waals surface area (Å²) >= 11 is 0. The summed E-state index contributed by atoms with van der Waals surface area (Å²) in [5, 5.41) is 0. The maximum atomic E-state index is 2.44. The molecule has 0 bridgehead atoms. The van der Waals surface area contributed by atoms with E-state index in [0.717, 1.165) is 5.92 Å². The van der Waals surface area contributed by atoms with Crippen LogP contribution in [0.15, 0.2) is 0 Å². The van der Waals surface area contributed by atoms with Gasteiger partial charge in [0.1, 0.15) is 0 Å². The Morgan fingerprint density at radius 3 is 0.714 bits per heavy atom. The Kier molecular flexibility index (Phi) is 32.0. The maximum absolute atomic E-state index is 2.44. The predicted octanol–water partition coefficient (Wildman–Crippen LogP) is 13.8. The van der Waals surface area contributed by atoms with Crippen molar-refractivity contribution in [2.24, 2.45) is 5.92 Å². The zero-order valence-electron chi connectivity index (χ0n) is 25.5. The van der Waals surface area contributed by atoms with Crippen molar-refractivity contribution in [3.05, 3.63) is 0 Å². The van der Waals surface area contributed by atoms with Gasteiger partial charge in [0.2, 0.25) is 0 Å². The zero-order chi connectivity index (χ0) is 25.5. The van der Waals surface area contributed by atoms with Crippen molar-refractivity contribution in [1.82, 2.24) is 0 Å². The minimum absolute atomic E-state index is 0.962. The molecule has 0 aromatic rings. The molecule has 0 fully saturated rings. The van der Waals surface area contributed by atoms with Crippen LogP contribution in [0.25, 0.3) is 0 Å². The van der Waals surface area contributed by atoms with Crippen molar-refractivity contribution < 1.29 is 0 Å². The standard InChI is InChI=1S/C35H72/c1-4-6-7-8-9-10-11-12-13-14-15-16-17-18-19-20-21-22-23-24-25-26-27-28-29-30-31-32-34-35(3)33-5-2/h35H,4-34H2,1-3H3/t35-/m1/s1. The van der Waals surface area contributed by atoms with E-state index in [1.165, 1.54) is 199 Å². The van der Waals surface area contributed by atoms with Crippen LogP contribution in [0.3, 0.4) is 0 Å². The molecule has 0 aliphatic heterocycles. The summed E-state index contributed by atoms with van der Waals surface area (Å²) in [6.07, 6.45) is 45.8. The molecule has 0 aliphatic rings. The first-order chi connectivity index (χ1) is 17.3. The Morgan fingerprint density at radius 2 is 0.486 bits per heavy atom. The highest BCUT2D eigenvalue weighted by Crippen LogP contribution is 2.18. The highest BCUT2D eigenvalue weighted by atomic mass is 14.1. The Bertz CT molecular complexity index is 346. The van der Waals surface area contributed by atoms with Crippen molar-refractivity contribution in [3.8, 4) is 0 Å². The van der Waals surface area contributed by atoms with Crippen LogP contribution in [0.2, 0.25) is 0 Å². The molecular formula is C35H72. The Hall–Kier alpha value is 0. The average Bonchev–Trinajstić information content (AvgIpc) is 2.86. The minimum Gasteiger partial charge on any atom is -0.0654 e. The van der Waals surface area contributed by atoms with Gasteiger partial charge in [-0.2, -0.15) is 0 Å². The fraction of sp³-hybridized carbons (Fsp3) is 1.00. The van der Waals surface area contributed by atoms with Gasteiger partial charge >= 0.3 is 0 Å². The second-order valence-corrected chi connectivity index (χ2v) is 12.2. The van der Waals surface area contributed by atoms with Gasteiger partial charge < -0.3 is 0 Å². The summed E-state index contributed by atoms with van der Waals surface area (Å²) in [5.41, 5.74) is 0. The first kappa shape index (κ1) is 35.0. The van der Waals surface area contributed by atoms with Crippen LogP contribution < -0.4 is 0 Å². The summed E-state index contributed by atoms with van der Waals surface area (Å²) in [4.78, 5) is 0. The molecule has 0 unspecified atom stereocenters. The molecule has 35 heavy (non-hydrogen) atoms. The number of unbranched alkanes of at least 4 members (excludes halogenated alkanes) is 27. The molecule has 0 heterocycles. The van der Waals surface area contributed by atoms with Gasteiger partial charge in [-0.25, -0.2) is 0 Å². The van der Waals surface area contributed by atoms with E-state index in [0.29, 0.717) is 0 Å². The van der Waals surface area contributed by atoms with Gasteiger partial charge in [0.25, 0.3) is 0 Å². The molecule has 0 aromatic heterocycles. The number of rotatable bonds is 31. The molecule has 0 heteroatoms. The molecular weight excluding hydrogens is 420 g/mol. The average molecular weight is 493 g/mol. The SMILES string of the molecule is CCCCCCCCCCCCCCCCCCCCCCCCCCCCCC[C@H](C)CCC. The highest BCUT2D eigenvalue weighted by Gasteiger charge is 2.00. The lowest BCUT2D eigenvalue weighted by Gasteiger charge is -2.09. The molecule has 0 aromatic carbocycles. The predicted molar refractivity (Wildman–Crippen MR) is 164 cm³/mol. The Labute approximate surface area is 225 Å². The number of hydrogen-bond donors (Lipinski definition) is 0. The van der Waals surface area contributed by atoms with Gasteiger partial charge in [-0.3, -0.25) is 0 Å². The van der Waals surface area contributed by atoms with Crippen molar-refractivity contribution in [3.63, 3.8) is 0 Å². The van der Waals surface area contributed by atoms with Gasteiger partial charge in [0, 0.05) is 0 Å². The molecule has 0 saturated heterocycles. The molecule has 0 saturated carbocycles. The molecule has 0 spiro atoms. The molecule has 0 amide bonds. The monoisotopic (exact) mass is 493 g/mol. The van der Waals surface area contributed by atoms with Crippen LogP contribution in [0.4, 0.5) is 0 Å². The molecule has 0 radical (unpaired) electrons. The van der Waals surface area contributed by atoms with Gasteiger partial charge in [-0.15, -0.1) is 0 Å². The summed E-state index contributed by atoms with van der Waals surface area (Å²) in [5.74, 6) is 0.962. The van der Waals surface area contributed by atoms with Gasteiger partial charge in [0.05, 0.1) is 0 Å². The van der Waals surface area contributed by atoms with Gasteiger partial charge in [-0.05, 0) is 5.92 Å². The molecule has 212 valence electrons. The smallest absolute Gasteiger partial charge is 0.0443 e. The van der Waals surface area contributed by atoms with E-state index in [1.54, 1.807) is 0 Å². The van der Waals surface area contributed by atoms with E-state index in [4.69, 9.17) is 0 Å². The third-order valence-electron chi connectivity index (χ3n) is 8.33. The fourth-order valence-electron chi connectivity index (χ4n) is 5.80. The topological polar surface area (TPSA) is 0 Å². The third-order valence-corrected chi connectivity index (χ3v) is 8.33. The quantitative estimate of drug-likeness (QED) is 0.0844. The van der Waals surface area contributed by atoms with Crippen LogP contribution in [0.5, 0.6) is 0 Å². The van der Waals surface area contributed by atoms with Crippen LogP contribution >= 0.6 is 0 Å². The van der Waals surface area contributed by atoms with Crippen LogP contribution in [0.1, 0.15) is 220 Å². The van der Waals surface area contributed by atoms with Crippen molar-refractivity contribution in [1.29, 1.82) is 0 Å². The Balaban J connectivity index is 3.03. The lowest BCUT2D eigenvalue weighted by Crippen LogP contribution is -1.93. The lowest BCUT2D eigenvalue weighted by molar-refractivity contribution is 0.449. The molecule has 0 nitrogen and oxygen atoms in total. The van der Waals surface area contributed by atoms with E-state index in [2.05, 4.69) is 20.8 Å². The third kappa shape index (κ3) is 32.0. The molecule has 1 atom stereocenters. The first-order valence-electron chi connectivity index (χ1n) is 17.3. The largest absolute Gasteiger partial charge is 0.0654 e. The van der Waals surface area contributed by atoms with E-state index in [9.17, 15) is 0 Å². The number of hydrogen-bond acceptors (Lipinski definition) is 0. The summed E-state index contributed by atoms with van der Waals surface area (Å²) in [6.45, 7) is 7.06. The lowest BCUT2D eigenvalue weighted by atomic mass is 9.98. The van der Waals surface area contributed by atoms with Crippen LogP contribution in [-0.2, 0) is 0 Å². The Morgan fingerprint density at radius 1 is 0.257 bits per heavy atom. The van der Waals surface area contributed by atoms with Crippen molar-refractivity contribution in [2.75, 3.05) is 0 Å². The van der Waals surface area contributed by atoms with E-state index in [1.807, 2.05) is 0 Å². The zero-order valence-corrected chi connectivity index (χ0v) is 25.5. The van der Waals surface area contributed by atoms with E-state index >= 15 is 0 Å². The molecule has 0 rings (SSSR count). The van der Waals surface area contributed by atoms with E-state index in [-0.39, 0.29) is 0 Å². The second kappa shape index (κ2) is 32.0. The van der Waals surface area contributed by atoms with Crippen molar-refractivity contribution in [2.45, 2.75) is 220 Å². The van der Waals surface area contributed by atoms with Gasteiger partial charge in [0.15, 0.2) is 0 Å². The van der Waals surface area contributed by atoms with Crippen molar-refractivity contribution >= 4 is 0 Å². The normalized spacial score (nSPS) is 12.4. The van der Waals surface area contributed by atoms with Crippen LogP contribution in [0, 0.1) is 5.92 Å². The molecule has 0 N–H and O–H groups in total. The summed E-state index contributed by atoms with van der Waals surface area (Å²) < 4.78 is 0.